The summed E-state index contributed by atoms with van der Waals surface area (Å²) in [6.07, 6.45) is 2.62. The summed E-state index contributed by atoms with van der Waals surface area (Å²) in [5.74, 6) is -0.240. The molecule has 0 aromatic rings. The lowest BCUT2D eigenvalue weighted by atomic mass is 10.1. The van der Waals surface area contributed by atoms with Gasteiger partial charge in [0.25, 0.3) is 0 Å². The van der Waals surface area contributed by atoms with Gasteiger partial charge in [-0.15, -0.1) is 0 Å². The van der Waals surface area contributed by atoms with E-state index in [0.29, 0.717) is 19.5 Å². The Morgan fingerprint density at radius 2 is 1.68 bits per heavy atom. The van der Waals surface area contributed by atoms with E-state index in [1.54, 1.807) is 0 Å². The van der Waals surface area contributed by atoms with Crippen molar-refractivity contribution in [3.8, 4) is 0 Å². The Morgan fingerprint density at radius 1 is 1.00 bits per heavy atom. The molecule has 0 bridgehead atoms. The molecule has 19 heavy (non-hydrogen) atoms. The number of carbonyl (C=O) groups excluding carboxylic acids is 2. The van der Waals surface area contributed by atoms with Gasteiger partial charge in [-0.1, -0.05) is 13.8 Å². The molecule has 0 aliphatic heterocycles. The second-order valence-corrected chi connectivity index (χ2v) is 4.54. The summed E-state index contributed by atoms with van der Waals surface area (Å²) >= 11 is 0. The van der Waals surface area contributed by atoms with Crippen LogP contribution in [0.5, 0.6) is 0 Å². The topological polar surface area (TPSA) is 96.2 Å². The Labute approximate surface area is 115 Å². The van der Waals surface area contributed by atoms with E-state index in [-0.39, 0.29) is 18.2 Å². The first-order chi connectivity index (χ1) is 9.11. The number of nitrogens with two attached hydrogens (primary N) is 1. The van der Waals surface area contributed by atoms with Crippen molar-refractivity contribution in [3.05, 3.63) is 0 Å². The third-order valence-electron chi connectivity index (χ3n) is 2.62. The van der Waals surface area contributed by atoms with Crippen LogP contribution in [0.15, 0.2) is 0 Å². The van der Waals surface area contributed by atoms with Gasteiger partial charge in [0, 0.05) is 26.1 Å². The minimum atomic E-state index is -0.601. The molecule has 6 heteroatoms. The minimum Gasteiger partial charge on any atom is -0.355 e. The largest absolute Gasteiger partial charge is 0.355 e. The Hall–Kier alpha value is -1.14. The van der Waals surface area contributed by atoms with Crippen molar-refractivity contribution in [2.45, 2.75) is 45.6 Å². The molecular weight excluding hydrogens is 244 g/mol. The highest BCUT2D eigenvalue weighted by molar-refractivity contribution is 5.82. The first-order valence-corrected chi connectivity index (χ1v) is 7.12. The van der Waals surface area contributed by atoms with Gasteiger partial charge in [0.2, 0.25) is 11.8 Å². The molecule has 112 valence electrons. The quantitative estimate of drug-likeness (QED) is 0.390. The molecule has 6 nitrogen and oxygen atoms in total. The van der Waals surface area contributed by atoms with E-state index in [0.717, 1.165) is 25.9 Å². The molecule has 1 unspecified atom stereocenters. The molecule has 0 saturated heterocycles. The average molecular weight is 272 g/mol. The fourth-order valence-electron chi connectivity index (χ4n) is 1.48. The normalized spacial score (nSPS) is 11.9. The Balaban J connectivity index is 3.57. The highest BCUT2D eigenvalue weighted by Crippen LogP contribution is 1.95. The van der Waals surface area contributed by atoms with Crippen molar-refractivity contribution in [3.63, 3.8) is 0 Å². The van der Waals surface area contributed by atoms with E-state index in [1.165, 1.54) is 0 Å². The molecule has 1 atom stereocenters. The van der Waals surface area contributed by atoms with E-state index in [2.05, 4.69) is 22.9 Å². The van der Waals surface area contributed by atoms with Gasteiger partial charge in [-0.3, -0.25) is 9.59 Å². The molecule has 0 heterocycles. The van der Waals surface area contributed by atoms with Gasteiger partial charge in [-0.2, -0.15) is 0 Å². The van der Waals surface area contributed by atoms with Crippen LogP contribution in [0.2, 0.25) is 0 Å². The molecule has 0 rings (SSSR count). The number of nitrogens with one attached hydrogen (secondary N) is 3. The molecule has 2 amide bonds. The first kappa shape index (κ1) is 17.9. The smallest absolute Gasteiger partial charge is 0.236 e. The van der Waals surface area contributed by atoms with Crippen LogP contribution in [0.4, 0.5) is 0 Å². The minimum absolute atomic E-state index is 0.0583. The molecule has 0 aromatic heterocycles. The van der Waals surface area contributed by atoms with Gasteiger partial charge in [-0.25, -0.2) is 0 Å². The third-order valence-corrected chi connectivity index (χ3v) is 2.62. The molecule has 0 radical (unpaired) electrons. The van der Waals surface area contributed by atoms with Crippen molar-refractivity contribution in [2.75, 3.05) is 26.2 Å². The zero-order chi connectivity index (χ0) is 14.5. The van der Waals surface area contributed by atoms with Gasteiger partial charge < -0.3 is 21.7 Å². The number of amides is 2. The first-order valence-electron chi connectivity index (χ1n) is 7.12. The zero-order valence-corrected chi connectivity index (χ0v) is 12.1. The van der Waals surface area contributed by atoms with Crippen molar-refractivity contribution in [2.24, 2.45) is 5.73 Å². The second-order valence-electron chi connectivity index (χ2n) is 4.54. The van der Waals surface area contributed by atoms with E-state index in [9.17, 15) is 9.59 Å². The van der Waals surface area contributed by atoms with Gasteiger partial charge in [0.15, 0.2) is 0 Å². The van der Waals surface area contributed by atoms with Gasteiger partial charge in [-0.05, 0) is 25.8 Å². The lowest BCUT2D eigenvalue weighted by Crippen LogP contribution is -2.41. The second kappa shape index (κ2) is 11.9. The monoisotopic (exact) mass is 272 g/mol. The van der Waals surface area contributed by atoms with Crippen LogP contribution in [-0.4, -0.2) is 44.0 Å². The predicted octanol–water partition coefficient (Wildman–Crippen LogP) is -0.264. The summed E-state index contributed by atoms with van der Waals surface area (Å²) in [5.41, 5.74) is 5.70. The average Bonchev–Trinajstić information content (AvgIpc) is 2.41. The van der Waals surface area contributed by atoms with E-state index >= 15 is 0 Å². The summed E-state index contributed by atoms with van der Waals surface area (Å²) in [4.78, 5) is 23.0. The fourth-order valence-corrected chi connectivity index (χ4v) is 1.48. The molecule has 0 saturated carbocycles. The van der Waals surface area contributed by atoms with E-state index in [1.807, 2.05) is 6.92 Å². The highest BCUT2D eigenvalue weighted by atomic mass is 16.2. The Bertz CT molecular complexity index is 259. The molecule has 0 spiro atoms. The van der Waals surface area contributed by atoms with Crippen molar-refractivity contribution in [1.29, 1.82) is 0 Å². The molecule has 0 aliphatic rings. The number of hydrogen-bond donors (Lipinski definition) is 4. The summed E-state index contributed by atoms with van der Waals surface area (Å²) < 4.78 is 0. The van der Waals surface area contributed by atoms with Gasteiger partial charge in [0.1, 0.15) is 0 Å². The fraction of sp³-hybridized carbons (Fsp3) is 0.846. The van der Waals surface area contributed by atoms with Crippen LogP contribution in [0, 0.1) is 0 Å². The molecule has 5 N–H and O–H groups in total. The maximum Gasteiger partial charge on any atom is 0.236 e. The summed E-state index contributed by atoms with van der Waals surface area (Å²) in [6.45, 7) is 7.03. The zero-order valence-electron chi connectivity index (χ0n) is 12.1. The molecular formula is C13H28N4O2. The van der Waals surface area contributed by atoms with Gasteiger partial charge >= 0.3 is 0 Å². The molecule has 0 aliphatic carbocycles. The maximum absolute atomic E-state index is 11.5. The maximum atomic E-state index is 11.5. The Kier molecular flexibility index (Phi) is 11.2. The standard InChI is InChI=1S/C13H28N4O2/c1-3-7-15-9-10-16-12(18)6-5-11(14)13(19)17-8-4-2/h11,15H,3-10,14H2,1-2H3,(H,16,18)(H,17,19). The van der Waals surface area contributed by atoms with Crippen LogP contribution in [0.3, 0.4) is 0 Å². The van der Waals surface area contributed by atoms with Crippen molar-refractivity contribution >= 4 is 11.8 Å². The summed E-state index contributed by atoms with van der Waals surface area (Å²) in [5, 5.41) is 8.70. The number of hydrogen-bond acceptors (Lipinski definition) is 4. The number of rotatable bonds is 11. The van der Waals surface area contributed by atoms with Crippen LogP contribution in [0.25, 0.3) is 0 Å². The van der Waals surface area contributed by atoms with E-state index in [4.69, 9.17) is 5.73 Å². The van der Waals surface area contributed by atoms with Crippen LogP contribution in [-0.2, 0) is 9.59 Å². The molecule has 0 aromatic carbocycles. The van der Waals surface area contributed by atoms with Crippen molar-refractivity contribution in [1.82, 2.24) is 16.0 Å². The van der Waals surface area contributed by atoms with Crippen LogP contribution in [0.1, 0.15) is 39.5 Å². The lowest BCUT2D eigenvalue weighted by molar-refractivity contribution is -0.123. The van der Waals surface area contributed by atoms with Crippen molar-refractivity contribution < 1.29 is 9.59 Å². The van der Waals surface area contributed by atoms with Gasteiger partial charge in [0.05, 0.1) is 6.04 Å². The third kappa shape index (κ3) is 10.5. The van der Waals surface area contributed by atoms with Crippen LogP contribution < -0.4 is 21.7 Å². The van der Waals surface area contributed by atoms with E-state index < -0.39 is 6.04 Å². The summed E-state index contributed by atoms with van der Waals surface area (Å²) in [6, 6.07) is -0.601. The lowest BCUT2D eigenvalue weighted by Gasteiger charge is -2.11. The Morgan fingerprint density at radius 3 is 2.32 bits per heavy atom. The van der Waals surface area contributed by atoms with Crippen LogP contribution >= 0.6 is 0 Å². The number of carbonyl (C=O) groups is 2. The summed E-state index contributed by atoms with van der Waals surface area (Å²) in [7, 11) is 0. The highest BCUT2D eigenvalue weighted by Gasteiger charge is 2.14. The predicted molar refractivity (Wildman–Crippen MR) is 76.7 cm³/mol. The molecule has 0 fully saturated rings. The SMILES string of the molecule is CCCNCCNC(=O)CCC(N)C(=O)NCCC.